The summed E-state index contributed by atoms with van der Waals surface area (Å²) < 4.78 is 26.1. The van der Waals surface area contributed by atoms with Crippen molar-refractivity contribution in [3.63, 3.8) is 0 Å². The topological polar surface area (TPSA) is 72.3 Å². The normalized spacial score (nSPS) is 15.4. The average Bonchev–Trinajstić information content (AvgIpc) is 3.42. The maximum atomic E-state index is 12.6. The van der Waals surface area contributed by atoms with Crippen molar-refractivity contribution < 1.29 is 28.3 Å². The monoisotopic (exact) mass is 819 g/mol. The van der Waals surface area contributed by atoms with Crippen molar-refractivity contribution in [1.29, 1.82) is 0 Å². The first-order valence-electron chi connectivity index (χ1n) is 22.3. The van der Waals surface area contributed by atoms with Crippen molar-refractivity contribution in [1.82, 2.24) is 5.32 Å². The van der Waals surface area contributed by atoms with Gasteiger partial charge in [0.1, 0.15) is 18.1 Å². The third-order valence-electron chi connectivity index (χ3n) is 11.5. The van der Waals surface area contributed by atoms with Gasteiger partial charge in [0.2, 0.25) is 11.6 Å². The lowest BCUT2D eigenvalue weighted by Crippen LogP contribution is -2.28. The Morgan fingerprint density at radius 3 is 2.25 bits per heavy atom. The highest BCUT2D eigenvalue weighted by Gasteiger charge is 2.44. The number of allylic oxidation sites excluding steroid dienone is 4. The van der Waals surface area contributed by atoms with Crippen molar-refractivity contribution in [3.8, 4) is 5.75 Å². The number of nitrogens with one attached hydrogen (secondary N) is 1. The number of anilines is 1. The molecule has 0 aliphatic carbocycles. The van der Waals surface area contributed by atoms with Crippen LogP contribution in [-0.2, 0) is 24.4 Å². The molecule has 0 fully saturated rings. The minimum Gasteiger partial charge on any atom is -0.456 e. The van der Waals surface area contributed by atoms with Crippen LogP contribution in [0.1, 0.15) is 110 Å². The summed E-state index contributed by atoms with van der Waals surface area (Å²) in [5, 5.41) is 3.00. The molecular weight excluding hydrogens is 747 g/mol. The molecule has 8 heteroatoms. The molecule has 0 saturated heterocycles. The van der Waals surface area contributed by atoms with Gasteiger partial charge in [-0.3, -0.25) is 4.79 Å². The summed E-state index contributed by atoms with van der Waals surface area (Å²) in [5.74, 6) is 1.81. The summed E-state index contributed by atoms with van der Waals surface area (Å²) in [6.45, 7) is 26.7. The second kappa shape index (κ2) is 22.4. The molecule has 60 heavy (non-hydrogen) atoms. The van der Waals surface area contributed by atoms with E-state index in [9.17, 15) is 4.79 Å². The van der Waals surface area contributed by atoms with Gasteiger partial charge in [-0.15, -0.1) is 0 Å². The standard InChI is InChI=1S/C52H71N3O5/c1-10-54(11-2)42-25-26-43-47(38-42)60-46(40(4)50(43)41-19-14-12-15-20-41)21-18-22-48-52(8,9)44-37-39(3)24-27-45(44)55(48)30-17-13-16-23-49(56)53-29-32-58-34-36-59-35-33-57-31-28-51(5,6)7/h12,14-15,18-22,24-27,37-38H,10-11,13,16-17,23,28-36H2,1-9H3/p+1. The molecule has 0 aromatic heterocycles. The van der Waals surface area contributed by atoms with Gasteiger partial charge in [-0.25, -0.2) is 0 Å². The number of carbonyl (C=O) groups excluding carboxylic acids is 1. The van der Waals surface area contributed by atoms with Crippen LogP contribution in [0, 0.1) is 12.3 Å². The highest BCUT2D eigenvalue weighted by molar-refractivity contribution is 6.03. The molecule has 0 atom stereocenters. The van der Waals surface area contributed by atoms with Gasteiger partial charge < -0.3 is 29.2 Å². The van der Waals surface area contributed by atoms with E-state index in [4.69, 9.17) is 18.9 Å². The number of fused-ring (bicyclic) bond motifs is 2. The van der Waals surface area contributed by atoms with Gasteiger partial charge in [0.05, 0.1) is 38.4 Å². The van der Waals surface area contributed by atoms with E-state index in [1.807, 2.05) is 0 Å². The van der Waals surface area contributed by atoms with Crippen LogP contribution in [0.2, 0.25) is 0 Å². The molecule has 5 rings (SSSR count). The van der Waals surface area contributed by atoms with Crippen molar-refractivity contribution in [2.24, 2.45) is 5.41 Å². The fourth-order valence-electron chi connectivity index (χ4n) is 8.00. The van der Waals surface area contributed by atoms with Gasteiger partial charge in [-0.05, 0) is 102 Å². The van der Waals surface area contributed by atoms with Crippen LogP contribution >= 0.6 is 0 Å². The van der Waals surface area contributed by atoms with Crippen LogP contribution in [-0.4, -0.2) is 82.0 Å². The summed E-state index contributed by atoms with van der Waals surface area (Å²) in [6, 6.07) is 24.1. The van der Waals surface area contributed by atoms with Crippen LogP contribution in [0.25, 0.3) is 5.57 Å². The molecule has 0 unspecified atom stereocenters. The minimum atomic E-state index is -0.177. The van der Waals surface area contributed by atoms with Gasteiger partial charge in [-0.1, -0.05) is 68.8 Å². The lowest BCUT2D eigenvalue weighted by Gasteiger charge is -2.27. The number of unbranched alkanes of at least 4 members (excludes halogenated alkanes) is 2. The molecule has 0 bridgehead atoms. The van der Waals surface area contributed by atoms with Crippen LogP contribution < -0.4 is 15.0 Å². The zero-order chi connectivity index (χ0) is 43.1. The van der Waals surface area contributed by atoms with E-state index in [0.717, 1.165) is 74.6 Å². The Hall–Kier alpha value is -4.50. The summed E-state index contributed by atoms with van der Waals surface area (Å²) >= 11 is 0. The van der Waals surface area contributed by atoms with E-state index in [1.165, 1.54) is 39.3 Å². The van der Waals surface area contributed by atoms with Crippen LogP contribution in [0.5, 0.6) is 5.75 Å². The highest BCUT2D eigenvalue weighted by Crippen LogP contribution is 2.44. The molecule has 0 spiro atoms. The van der Waals surface area contributed by atoms with Crippen LogP contribution in [0.4, 0.5) is 11.4 Å². The van der Waals surface area contributed by atoms with E-state index in [1.54, 1.807) is 0 Å². The van der Waals surface area contributed by atoms with Gasteiger partial charge >= 0.3 is 0 Å². The first kappa shape index (κ1) is 46.6. The summed E-state index contributed by atoms with van der Waals surface area (Å²) in [5.41, 5.74) is 11.0. The Labute approximate surface area is 361 Å². The van der Waals surface area contributed by atoms with Gasteiger partial charge in [0.25, 0.3) is 0 Å². The third kappa shape index (κ3) is 12.8. The zero-order valence-corrected chi connectivity index (χ0v) is 38.1. The lowest BCUT2D eigenvalue weighted by molar-refractivity contribution is -0.438. The van der Waals surface area contributed by atoms with Crippen molar-refractivity contribution in [2.75, 3.05) is 70.7 Å². The second-order valence-corrected chi connectivity index (χ2v) is 17.7. The van der Waals surface area contributed by atoms with E-state index in [-0.39, 0.29) is 16.7 Å². The lowest BCUT2D eigenvalue weighted by atomic mass is 9.81. The number of hydrogen-bond acceptors (Lipinski definition) is 6. The largest absolute Gasteiger partial charge is 0.456 e. The Morgan fingerprint density at radius 1 is 0.850 bits per heavy atom. The SMILES string of the molecule is CCN(CC)c1ccc2c(c1)O/C(=C/C=C/C1=[N+](CCCCCC(=O)NCCOCCOCCOCCC(C)(C)C)c3ccc(C)cc3C1(C)C)C(C)=C2c1ccccc1. The van der Waals surface area contributed by atoms with Gasteiger partial charge in [0, 0.05) is 79.7 Å². The highest BCUT2D eigenvalue weighted by atomic mass is 16.5. The van der Waals surface area contributed by atoms with E-state index in [2.05, 4.69) is 162 Å². The molecule has 1 N–H and O–H groups in total. The zero-order valence-electron chi connectivity index (χ0n) is 38.1. The summed E-state index contributed by atoms with van der Waals surface area (Å²) in [7, 11) is 0. The second-order valence-electron chi connectivity index (χ2n) is 17.7. The number of amides is 1. The smallest absolute Gasteiger partial charge is 0.220 e. The molecule has 0 saturated carbocycles. The molecular formula is C52H72N3O5+. The van der Waals surface area contributed by atoms with E-state index >= 15 is 0 Å². The van der Waals surface area contributed by atoms with Gasteiger partial charge in [0.15, 0.2) is 5.71 Å². The van der Waals surface area contributed by atoms with Gasteiger partial charge in [-0.2, -0.15) is 4.58 Å². The Balaban J connectivity index is 1.17. The van der Waals surface area contributed by atoms with Crippen molar-refractivity contribution in [2.45, 2.75) is 99.8 Å². The average molecular weight is 819 g/mol. The third-order valence-corrected chi connectivity index (χ3v) is 11.5. The predicted octanol–water partition coefficient (Wildman–Crippen LogP) is 10.7. The first-order chi connectivity index (χ1) is 28.8. The van der Waals surface area contributed by atoms with Crippen LogP contribution in [0.15, 0.2) is 96.3 Å². The molecule has 324 valence electrons. The maximum Gasteiger partial charge on any atom is 0.220 e. The molecule has 1 amide bonds. The quantitative estimate of drug-likeness (QED) is 0.0759. The van der Waals surface area contributed by atoms with E-state index in [0.29, 0.717) is 46.0 Å². The summed E-state index contributed by atoms with van der Waals surface area (Å²) in [6.07, 6.45) is 10.9. The number of carbonyl (C=O) groups is 1. The molecule has 2 aliphatic heterocycles. The molecule has 3 aromatic rings. The number of nitrogens with zero attached hydrogens (tertiary/aromatic N) is 2. The predicted molar refractivity (Wildman–Crippen MR) is 248 cm³/mol. The fourth-order valence-corrected chi connectivity index (χ4v) is 8.00. The maximum absolute atomic E-state index is 12.6. The number of rotatable bonds is 23. The number of benzene rings is 3. The number of hydrogen-bond donors (Lipinski definition) is 1. The molecule has 0 radical (unpaired) electrons. The molecule has 2 aliphatic rings. The van der Waals surface area contributed by atoms with Crippen LogP contribution in [0.3, 0.4) is 0 Å². The minimum absolute atomic E-state index is 0.0743. The summed E-state index contributed by atoms with van der Waals surface area (Å²) in [4.78, 5) is 14.9. The number of aryl methyl sites for hydroxylation is 1. The van der Waals surface area contributed by atoms with Crippen molar-refractivity contribution >= 4 is 28.6 Å². The van der Waals surface area contributed by atoms with Crippen molar-refractivity contribution in [3.05, 3.63) is 119 Å². The molecule has 3 aromatic carbocycles. The molecule has 2 heterocycles. The Bertz CT molecular complexity index is 2000. The number of ether oxygens (including phenoxy) is 4. The fraction of sp³-hybridized carbons (Fsp3) is 0.500. The van der Waals surface area contributed by atoms with E-state index < -0.39 is 0 Å². The Morgan fingerprint density at radius 2 is 1.55 bits per heavy atom. The molecule has 8 nitrogen and oxygen atoms in total. The first-order valence-corrected chi connectivity index (χ1v) is 22.3. The Kier molecular flexibility index (Phi) is 17.4.